The maximum Gasteiger partial charge on any atom is 0.170 e. The zero-order valence-electron chi connectivity index (χ0n) is 14.0. The smallest absolute Gasteiger partial charge is 0.170 e. The van der Waals surface area contributed by atoms with Crippen molar-refractivity contribution in [2.75, 3.05) is 0 Å². The highest BCUT2D eigenvalue weighted by atomic mass is 19.2. The Labute approximate surface area is 144 Å². The van der Waals surface area contributed by atoms with Crippen LogP contribution in [-0.2, 0) is 0 Å². The molecule has 0 fully saturated rings. The van der Waals surface area contributed by atoms with Gasteiger partial charge >= 0.3 is 0 Å². The molecule has 0 aliphatic carbocycles. The van der Waals surface area contributed by atoms with Crippen LogP contribution in [0.3, 0.4) is 0 Å². The lowest BCUT2D eigenvalue weighted by atomic mass is 9.97. The highest BCUT2D eigenvalue weighted by molar-refractivity contribution is 5.90. The molecule has 126 valence electrons. The van der Waals surface area contributed by atoms with Crippen molar-refractivity contribution in [3.63, 3.8) is 0 Å². The zero-order chi connectivity index (χ0) is 18.1. The molecule has 0 nitrogen and oxygen atoms in total. The zero-order valence-corrected chi connectivity index (χ0v) is 14.0. The van der Waals surface area contributed by atoms with Gasteiger partial charge in [0, 0.05) is 11.1 Å². The first-order valence-corrected chi connectivity index (χ1v) is 7.89. The standard InChI is InChI=1S/C22H17F3/c1-13(2)4-7-16-10-11-17-12-18(15-8-5-14(3)6-9-15)21(24)22(25)19(17)20(16)23/h4-12H,1H2,2-3H3/b7-4+. The van der Waals surface area contributed by atoms with E-state index in [1.165, 1.54) is 12.1 Å². The summed E-state index contributed by atoms with van der Waals surface area (Å²) in [5, 5.41) is -0.0170. The first-order valence-electron chi connectivity index (χ1n) is 7.89. The second-order valence-corrected chi connectivity index (χ2v) is 6.16. The molecule has 0 amide bonds. The van der Waals surface area contributed by atoms with E-state index in [-0.39, 0.29) is 16.5 Å². The van der Waals surface area contributed by atoms with Crippen molar-refractivity contribution in [3.8, 4) is 11.1 Å². The van der Waals surface area contributed by atoms with Crippen LogP contribution in [0.4, 0.5) is 13.2 Å². The van der Waals surface area contributed by atoms with Gasteiger partial charge in [-0.1, -0.05) is 66.3 Å². The molecule has 0 aromatic heterocycles. The fourth-order valence-electron chi connectivity index (χ4n) is 2.70. The molecule has 0 radical (unpaired) electrons. The molecule has 0 heterocycles. The second kappa shape index (κ2) is 6.60. The lowest BCUT2D eigenvalue weighted by Crippen LogP contribution is -1.96. The Bertz CT molecular complexity index is 996. The predicted molar refractivity (Wildman–Crippen MR) is 97.8 cm³/mol. The van der Waals surface area contributed by atoms with Gasteiger partial charge in [-0.05, 0) is 30.9 Å². The quantitative estimate of drug-likeness (QED) is 0.460. The van der Waals surface area contributed by atoms with Crippen molar-refractivity contribution in [1.82, 2.24) is 0 Å². The van der Waals surface area contributed by atoms with Gasteiger partial charge < -0.3 is 0 Å². The largest absolute Gasteiger partial charge is 0.206 e. The maximum absolute atomic E-state index is 14.7. The fraction of sp³-hybridized carbons (Fsp3) is 0.0909. The van der Waals surface area contributed by atoms with Gasteiger partial charge in [-0.25, -0.2) is 13.2 Å². The molecular weight excluding hydrogens is 321 g/mol. The van der Waals surface area contributed by atoms with Crippen molar-refractivity contribution in [2.24, 2.45) is 0 Å². The molecule has 0 spiro atoms. The van der Waals surface area contributed by atoms with Crippen LogP contribution in [0.1, 0.15) is 18.1 Å². The lowest BCUT2D eigenvalue weighted by Gasteiger charge is -2.10. The van der Waals surface area contributed by atoms with Gasteiger partial charge in [-0.2, -0.15) is 0 Å². The molecule has 0 unspecified atom stereocenters. The van der Waals surface area contributed by atoms with Crippen LogP contribution in [0.5, 0.6) is 0 Å². The van der Waals surface area contributed by atoms with Gasteiger partial charge in [0.1, 0.15) is 5.82 Å². The molecule has 0 N–H and O–H groups in total. The van der Waals surface area contributed by atoms with E-state index >= 15 is 0 Å². The van der Waals surface area contributed by atoms with Crippen LogP contribution < -0.4 is 0 Å². The Hall–Kier alpha value is -2.81. The summed E-state index contributed by atoms with van der Waals surface area (Å²) in [5.74, 6) is -2.99. The Morgan fingerprint density at radius 3 is 2.24 bits per heavy atom. The van der Waals surface area contributed by atoms with E-state index in [0.717, 1.165) is 11.1 Å². The molecule has 3 aromatic rings. The van der Waals surface area contributed by atoms with Crippen LogP contribution in [0.2, 0.25) is 0 Å². The summed E-state index contributed by atoms with van der Waals surface area (Å²) in [4.78, 5) is 0. The first kappa shape index (κ1) is 17.0. The molecule has 0 saturated heterocycles. The number of fused-ring (bicyclic) bond motifs is 1. The van der Waals surface area contributed by atoms with Gasteiger partial charge in [0.05, 0.1) is 5.39 Å². The Kier molecular flexibility index (Phi) is 4.49. The Morgan fingerprint density at radius 2 is 1.60 bits per heavy atom. The maximum atomic E-state index is 14.7. The number of aryl methyl sites for hydroxylation is 1. The van der Waals surface area contributed by atoms with E-state index in [1.54, 1.807) is 37.3 Å². The Balaban J connectivity index is 2.23. The third kappa shape index (κ3) is 3.22. The number of hydrogen-bond donors (Lipinski definition) is 0. The summed E-state index contributed by atoms with van der Waals surface area (Å²) in [7, 11) is 0. The minimum absolute atomic E-state index is 0.120. The van der Waals surface area contributed by atoms with Gasteiger partial charge in [-0.15, -0.1) is 0 Å². The third-order valence-electron chi connectivity index (χ3n) is 4.06. The summed E-state index contributed by atoms with van der Waals surface area (Å²) in [5.41, 5.74) is 2.62. The monoisotopic (exact) mass is 338 g/mol. The number of hydrogen-bond acceptors (Lipinski definition) is 0. The molecule has 0 aliphatic rings. The predicted octanol–water partition coefficient (Wildman–Crippen LogP) is 6.82. The highest BCUT2D eigenvalue weighted by Gasteiger charge is 2.19. The summed E-state index contributed by atoms with van der Waals surface area (Å²) in [6.45, 7) is 7.38. The molecule has 3 aromatic carbocycles. The van der Waals surface area contributed by atoms with Crippen molar-refractivity contribution < 1.29 is 13.2 Å². The van der Waals surface area contributed by atoms with E-state index in [1.807, 2.05) is 19.1 Å². The van der Waals surface area contributed by atoms with Crippen molar-refractivity contribution in [2.45, 2.75) is 13.8 Å². The average Bonchev–Trinajstić information content (AvgIpc) is 2.58. The van der Waals surface area contributed by atoms with Crippen LogP contribution in [0.25, 0.3) is 28.0 Å². The fourth-order valence-corrected chi connectivity index (χ4v) is 2.70. The average molecular weight is 338 g/mol. The molecule has 3 heteroatoms. The van der Waals surface area contributed by atoms with Crippen LogP contribution in [0, 0.1) is 24.4 Å². The minimum Gasteiger partial charge on any atom is -0.206 e. The van der Waals surface area contributed by atoms with Crippen LogP contribution >= 0.6 is 0 Å². The summed E-state index contributed by atoms with van der Waals surface area (Å²) < 4.78 is 43.8. The topological polar surface area (TPSA) is 0 Å². The SMILES string of the molecule is C=C(C)/C=C/c1ccc2cc(-c3ccc(C)cc3)c(F)c(F)c2c1F. The molecule has 0 bridgehead atoms. The van der Waals surface area contributed by atoms with E-state index in [0.29, 0.717) is 10.9 Å². The molecule has 25 heavy (non-hydrogen) atoms. The van der Waals surface area contributed by atoms with Crippen molar-refractivity contribution >= 4 is 16.8 Å². The Morgan fingerprint density at radius 1 is 0.920 bits per heavy atom. The molecular formula is C22H17F3. The van der Waals surface area contributed by atoms with Gasteiger partial charge in [-0.3, -0.25) is 0 Å². The summed E-state index contributed by atoms with van der Waals surface area (Å²) in [6.07, 6.45) is 3.13. The highest BCUT2D eigenvalue weighted by Crippen LogP contribution is 2.33. The normalized spacial score (nSPS) is 11.4. The van der Waals surface area contributed by atoms with Gasteiger partial charge in [0.15, 0.2) is 11.6 Å². The molecule has 3 rings (SSSR count). The minimum atomic E-state index is -1.17. The number of allylic oxidation sites excluding steroid dienone is 2. The third-order valence-corrected chi connectivity index (χ3v) is 4.06. The second-order valence-electron chi connectivity index (χ2n) is 6.16. The van der Waals surface area contributed by atoms with E-state index in [2.05, 4.69) is 6.58 Å². The van der Waals surface area contributed by atoms with Crippen molar-refractivity contribution in [3.05, 3.63) is 89.3 Å². The number of benzene rings is 3. The van der Waals surface area contributed by atoms with E-state index in [9.17, 15) is 13.2 Å². The summed E-state index contributed by atoms with van der Waals surface area (Å²) in [6, 6.07) is 11.7. The van der Waals surface area contributed by atoms with Crippen LogP contribution in [-0.4, -0.2) is 0 Å². The van der Waals surface area contributed by atoms with Gasteiger partial charge in [0.2, 0.25) is 0 Å². The number of halogens is 3. The van der Waals surface area contributed by atoms with Gasteiger partial charge in [0.25, 0.3) is 0 Å². The van der Waals surface area contributed by atoms with Crippen molar-refractivity contribution in [1.29, 1.82) is 0 Å². The molecule has 0 atom stereocenters. The lowest BCUT2D eigenvalue weighted by molar-refractivity contribution is 0.514. The molecule has 0 saturated carbocycles. The summed E-state index contributed by atoms with van der Waals surface area (Å²) >= 11 is 0. The van der Waals surface area contributed by atoms with E-state index < -0.39 is 17.5 Å². The van der Waals surface area contributed by atoms with Crippen LogP contribution in [0.15, 0.2) is 60.7 Å². The first-order chi connectivity index (χ1) is 11.9. The van der Waals surface area contributed by atoms with E-state index in [4.69, 9.17) is 0 Å². The number of rotatable bonds is 3. The molecule has 0 aliphatic heterocycles.